The van der Waals surface area contributed by atoms with Gasteiger partial charge < -0.3 is 14.8 Å². The van der Waals surface area contributed by atoms with Gasteiger partial charge in [-0.25, -0.2) is 9.38 Å². The fraction of sp³-hybridized carbons (Fsp3) is 0.136. The minimum atomic E-state index is -0.503. The van der Waals surface area contributed by atoms with Gasteiger partial charge in [-0.3, -0.25) is 15.1 Å². The molecule has 0 aliphatic carbocycles. The van der Waals surface area contributed by atoms with Gasteiger partial charge >= 0.3 is 0 Å². The van der Waals surface area contributed by atoms with Gasteiger partial charge in [0.1, 0.15) is 17.3 Å². The second-order valence-electron chi connectivity index (χ2n) is 6.18. The molecule has 0 spiro atoms. The van der Waals surface area contributed by atoms with E-state index < -0.39 is 11.7 Å². The number of carbonyl (C=O) groups is 1. The smallest absolute Gasteiger partial charge is 0.258 e. The first-order valence-electron chi connectivity index (χ1n) is 9.09. The summed E-state index contributed by atoms with van der Waals surface area (Å²) in [7, 11) is 3.08. The molecule has 0 aliphatic rings. The first-order chi connectivity index (χ1) is 14.6. The van der Waals surface area contributed by atoms with Crippen molar-refractivity contribution in [2.24, 2.45) is 4.99 Å². The Morgan fingerprint density at radius 2 is 1.80 bits per heavy atom. The molecular weight excluding hydrogens is 387 g/mol. The van der Waals surface area contributed by atoms with E-state index in [4.69, 9.17) is 9.47 Å². The summed E-state index contributed by atoms with van der Waals surface area (Å²) in [5.41, 5.74) is 1.48. The summed E-state index contributed by atoms with van der Waals surface area (Å²) in [6.07, 6.45) is 1.66. The van der Waals surface area contributed by atoms with E-state index in [2.05, 4.69) is 20.6 Å². The highest BCUT2D eigenvalue weighted by molar-refractivity contribution is 6.10. The molecule has 30 heavy (non-hydrogen) atoms. The van der Waals surface area contributed by atoms with E-state index >= 15 is 0 Å². The Morgan fingerprint density at radius 3 is 2.43 bits per heavy atom. The number of methoxy groups -OCH3 is 2. The topological polar surface area (TPSA) is 84.8 Å². The molecule has 2 N–H and O–H groups in total. The van der Waals surface area contributed by atoms with Gasteiger partial charge in [0.25, 0.3) is 5.91 Å². The van der Waals surface area contributed by atoms with Crippen molar-refractivity contribution in [2.45, 2.75) is 6.54 Å². The number of rotatable bonds is 6. The molecule has 0 atom stereocenters. The molecule has 0 saturated heterocycles. The molecule has 0 radical (unpaired) electrons. The largest absolute Gasteiger partial charge is 0.497 e. The molecule has 3 rings (SSSR count). The number of nitrogens with zero attached hydrogens (tertiary/aromatic N) is 2. The second kappa shape index (κ2) is 10.0. The predicted molar refractivity (Wildman–Crippen MR) is 112 cm³/mol. The van der Waals surface area contributed by atoms with Crippen LogP contribution in [0, 0.1) is 5.82 Å². The number of hydrogen-bond donors (Lipinski definition) is 2. The zero-order chi connectivity index (χ0) is 21.3. The van der Waals surface area contributed by atoms with E-state index in [1.54, 1.807) is 44.7 Å². The van der Waals surface area contributed by atoms with Gasteiger partial charge in [-0.1, -0.05) is 12.1 Å². The summed E-state index contributed by atoms with van der Waals surface area (Å²) in [5, 5.41) is 5.73. The Balaban J connectivity index is 1.86. The molecule has 0 bridgehead atoms. The molecule has 3 aromatic rings. The van der Waals surface area contributed by atoms with Crippen LogP contribution in [0.3, 0.4) is 0 Å². The van der Waals surface area contributed by atoms with Crippen molar-refractivity contribution in [3.05, 3.63) is 83.9 Å². The van der Waals surface area contributed by atoms with Gasteiger partial charge in [0.05, 0.1) is 26.5 Å². The summed E-state index contributed by atoms with van der Waals surface area (Å²) in [4.78, 5) is 21.2. The SMILES string of the molecule is COc1cc(NC(=NCc2ccccn2)NC(=O)c2cccc(F)c2)cc(OC)c1. The highest BCUT2D eigenvalue weighted by atomic mass is 19.1. The minimum absolute atomic E-state index is 0.172. The Labute approximate surface area is 173 Å². The molecule has 7 nitrogen and oxygen atoms in total. The molecule has 0 saturated carbocycles. The lowest BCUT2D eigenvalue weighted by molar-refractivity contribution is 0.0976. The number of ether oxygens (including phenoxy) is 2. The Kier molecular flexibility index (Phi) is 6.94. The summed E-state index contributed by atoms with van der Waals surface area (Å²) in [6.45, 7) is 0.230. The molecule has 1 amide bonds. The fourth-order valence-corrected chi connectivity index (χ4v) is 2.59. The second-order valence-corrected chi connectivity index (χ2v) is 6.18. The normalized spacial score (nSPS) is 11.0. The van der Waals surface area contributed by atoms with Crippen molar-refractivity contribution in [1.82, 2.24) is 10.3 Å². The number of anilines is 1. The zero-order valence-electron chi connectivity index (χ0n) is 16.6. The molecular formula is C22H21FN4O3. The van der Waals surface area contributed by atoms with Crippen molar-refractivity contribution in [2.75, 3.05) is 19.5 Å². The number of aliphatic imine (C=N–C) groups is 1. The number of pyridine rings is 1. The van der Waals surface area contributed by atoms with E-state index in [0.29, 0.717) is 17.2 Å². The number of halogens is 1. The maximum Gasteiger partial charge on any atom is 0.258 e. The third-order valence-electron chi connectivity index (χ3n) is 4.06. The van der Waals surface area contributed by atoms with Crippen molar-refractivity contribution >= 4 is 17.6 Å². The first kappa shape index (κ1) is 20.8. The van der Waals surface area contributed by atoms with Crippen LogP contribution in [0.1, 0.15) is 16.1 Å². The number of aromatic nitrogens is 1. The lowest BCUT2D eigenvalue weighted by Gasteiger charge is -2.14. The van der Waals surface area contributed by atoms with Crippen LogP contribution in [-0.2, 0) is 6.54 Å². The van der Waals surface area contributed by atoms with E-state index in [1.807, 2.05) is 12.1 Å². The van der Waals surface area contributed by atoms with Crippen LogP contribution in [0.2, 0.25) is 0 Å². The first-order valence-corrected chi connectivity index (χ1v) is 9.09. The van der Waals surface area contributed by atoms with Gasteiger partial charge in [0.15, 0.2) is 0 Å². The van der Waals surface area contributed by atoms with Crippen LogP contribution in [0.15, 0.2) is 71.9 Å². The molecule has 0 unspecified atom stereocenters. The van der Waals surface area contributed by atoms with E-state index in [0.717, 1.165) is 11.8 Å². The number of benzene rings is 2. The maximum atomic E-state index is 13.5. The molecule has 154 valence electrons. The zero-order valence-corrected chi connectivity index (χ0v) is 16.6. The summed E-state index contributed by atoms with van der Waals surface area (Å²) >= 11 is 0. The van der Waals surface area contributed by atoms with Crippen LogP contribution >= 0.6 is 0 Å². The third-order valence-corrected chi connectivity index (χ3v) is 4.06. The molecule has 0 aliphatic heterocycles. The van der Waals surface area contributed by atoms with Gasteiger partial charge in [0, 0.05) is 35.6 Å². The molecule has 8 heteroatoms. The molecule has 1 heterocycles. The maximum absolute atomic E-state index is 13.5. The summed E-state index contributed by atoms with van der Waals surface area (Å²) < 4.78 is 24.0. The minimum Gasteiger partial charge on any atom is -0.497 e. The van der Waals surface area contributed by atoms with Crippen LogP contribution < -0.4 is 20.1 Å². The highest BCUT2D eigenvalue weighted by Crippen LogP contribution is 2.25. The van der Waals surface area contributed by atoms with Gasteiger partial charge in [0.2, 0.25) is 5.96 Å². The van der Waals surface area contributed by atoms with Crippen molar-refractivity contribution in [3.63, 3.8) is 0 Å². The average Bonchev–Trinajstić information content (AvgIpc) is 2.77. The average molecular weight is 408 g/mol. The van der Waals surface area contributed by atoms with E-state index in [-0.39, 0.29) is 18.1 Å². The number of carbonyl (C=O) groups excluding carboxylic acids is 1. The number of nitrogens with one attached hydrogen (secondary N) is 2. The van der Waals surface area contributed by atoms with Crippen LogP contribution in [0.4, 0.5) is 10.1 Å². The van der Waals surface area contributed by atoms with Crippen molar-refractivity contribution in [1.29, 1.82) is 0 Å². The summed E-state index contributed by atoms with van der Waals surface area (Å²) in [6, 6.07) is 16.1. The Hall–Kier alpha value is -3.94. The lowest BCUT2D eigenvalue weighted by atomic mass is 10.2. The number of hydrogen-bond acceptors (Lipinski definition) is 5. The molecule has 2 aromatic carbocycles. The number of guanidine groups is 1. The van der Waals surface area contributed by atoms with E-state index in [9.17, 15) is 9.18 Å². The standard InChI is InChI=1S/C22H21FN4O3/c1-29-19-11-18(12-20(13-19)30-2)26-22(25-14-17-8-3-4-9-24-17)27-21(28)15-6-5-7-16(23)10-15/h3-13H,14H2,1-2H3,(H2,25,26,27,28). The Morgan fingerprint density at radius 1 is 1.03 bits per heavy atom. The van der Waals surface area contributed by atoms with Crippen LogP contribution in [0.5, 0.6) is 11.5 Å². The predicted octanol–water partition coefficient (Wildman–Crippen LogP) is 3.64. The number of amides is 1. The van der Waals surface area contributed by atoms with Crippen molar-refractivity contribution in [3.8, 4) is 11.5 Å². The monoisotopic (exact) mass is 408 g/mol. The fourth-order valence-electron chi connectivity index (χ4n) is 2.59. The van der Waals surface area contributed by atoms with Gasteiger partial charge in [-0.05, 0) is 30.3 Å². The lowest BCUT2D eigenvalue weighted by Crippen LogP contribution is -2.36. The van der Waals surface area contributed by atoms with Gasteiger partial charge in [-0.15, -0.1) is 0 Å². The summed E-state index contributed by atoms with van der Waals surface area (Å²) in [5.74, 6) is 0.303. The third kappa shape index (κ3) is 5.78. The molecule has 1 aromatic heterocycles. The quantitative estimate of drug-likeness (QED) is 0.481. The Bertz CT molecular complexity index is 1020. The van der Waals surface area contributed by atoms with Crippen molar-refractivity contribution < 1.29 is 18.7 Å². The van der Waals surface area contributed by atoms with Gasteiger partial charge in [-0.2, -0.15) is 0 Å². The highest BCUT2D eigenvalue weighted by Gasteiger charge is 2.12. The van der Waals surface area contributed by atoms with E-state index in [1.165, 1.54) is 18.2 Å². The molecule has 0 fully saturated rings. The van der Waals surface area contributed by atoms with Crippen LogP contribution in [0.25, 0.3) is 0 Å². The van der Waals surface area contributed by atoms with Crippen LogP contribution in [-0.4, -0.2) is 31.1 Å².